The molecular weight excluding hydrogens is 278 g/mol. The molecule has 0 aliphatic carbocycles. The number of thiazole rings is 1. The van der Waals surface area contributed by atoms with Gasteiger partial charge in [0, 0.05) is 53.2 Å². The average Bonchev–Trinajstić information content (AvgIpc) is 3.03. The van der Waals surface area contributed by atoms with Gasteiger partial charge in [0.2, 0.25) is 0 Å². The van der Waals surface area contributed by atoms with Crippen molar-refractivity contribution in [1.82, 2.24) is 15.3 Å². The van der Waals surface area contributed by atoms with Crippen LogP contribution in [0.15, 0.2) is 36.0 Å². The SMILES string of the molecule is Clc1ccc2c(CNCCc3nccs3)c[nH]c2c1. The van der Waals surface area contributed by atoms with Gasteiger partial charge in [-0.05, 0) is 17.7 Å². The molecule has 0 saturated heterocycles. The van der Waals surface area contributed by atoms with Crippen molar-refractivity contribution >= 4 is 33.8 Å². The minimum atomic E-state index is 0.762. The van der Waals surface area contributed by atoms with Crippen LogP contribution in [0.1, 0.15) is 10.6 Å². The van der Waals surface area contributed by atoms with Crippen LogP contribution in [0.2, 0.25) is 5.02 Å². The number of rotatable bonds is 5. The first-order chi connectivity index (χ1) is 9.33. The van der Waals surface area contributed by atoms with Crippen LogP contribution in [-0.4, -0.2) is 16.5 Å². The van der Waals surface area contributed by atoms with E-state index in [9.17, 15) is 0 Å². The second-order valence-corrected chi connectivity index (χ2v) is 5.77. The predicted molar refractivity (Wildman–Crippen MR) is 80.8 cm³/mol. The molecule has 0 radical (unpaired) electrons. The third-order valence-corrected chi connectivity index (χ3v) is 4.12. The third kappa shape index (κ3) is 2.97. The minimum absolute atomic E-state index is 0.762. The lowest BCUT2D eigenvalue weighted by Gasteiger charge is -2.02. The summed E-state index contributed by atoms with van der Waals surface area (Å²) in [4.78, 5) is 7.52. The molecule has 0 bridgehead atoms. The summed E-state index contributed by atoms with van der Waals surface area (Å²) >= 11 is 7.67. The zero-order valence-electron chi connectivity index (χ0n) is 10.3. The molecule has 0 fully saturated rings. The Morgan fingerprint density at radius 1 is 1.37 bits per heavy atom. The second-order valence-electron chi connectivity index (χ2n) is 4.36. The monoisotopic (exact) mass is 291 g/mol. The summed E-state index contributed by atoms with van der Waals surface area (Å²) in [5, 5.41) is 8.63. The van der Waals surface area contributed by atoms with Gasteiger partial charge in [-0.3, -0.25) is 0 Å². The lowest BCUT2D eigenvalue weighted by atomic mass is 10.2. The number of benzene rings is 1. The van der Waals surface area contributed by atoms with Crippen LogP contribution < -0.4 is 5.32 Å². The lowest BCUT2D eigenvalue weighted by molar-refractivity contribution is 0.688. The highest BCUT2D eigenvalue weighted by Crippen LogP contribution is 2.21. The third-order valence-electron chi connectivity index (χ3n) is 3.04. The first-order valence-electron chi connectivity index (χ1n) is 6.17. The van der Waals surface area contributed by atoms with E-state index >= 15 is 0 Å². The number of nitrogens with zero attached hydrogens (tertiary/aromatic N) is 1. The molecule has 0 saturated carbocycles. The molecule has 2 heterocycles. The Morgan fingerprint density at radius 3 is 3.16 bits per heavy atom. The number of aromatic amines is 1. The highest BCUT2D eigenvalue weighted by atomic mass is 35.5. The van der Waals surface area contributed by atoms with Gasteiger partial charge in [-0.1, -0.05) is 17.7 Å². The van der Waals surface area contributed by atoms with E-state index in [2.05, 4.69) is 21.4 Å². The van der Waals surface area contributed by atoms with Crippen molar-refractivity contribution in [3.63, 3.8) is 0 Å². The number of aromatic nitrogens is 2. The van der Waals surface area contributed by atoms with Crippen LogP contribution >= 0.6 is 22.9 Å². The molecule has 19 heavy (non-hydrogen) atoms. The van der Waals surface area contributed by atoms with Crippen molar-refractivity contribution in [2.24, 2.45) is 0 Å². The van der Waals surface area contributed by atoms with E-state index in [0.29, 0.717) is 0 Å². The van der Waals surface area contributed by atoms with E-state index < -0.39 is 0 Å². The zero-order valence-corrected chi connectivity index (χ0v) is 11.9. The summed E-state index contributed by atoms with van der Waals surface area (Å²) in [6.07, 6.45) is 4.87. The molecule has 2 aromatic heterocycles. The van der Waals surface area contributed by atoms with Gasteiger partial charge < -0.3 is 10.3 Å². The Bertz CT molecular complexity index is 660. The van der Waals surface area contributed by atoms with Crippen molar-refractivity contribution in [3.8, 4) is 0 Å². The van der Waals surface area contributed by atoms with Gasteiger partial charge >= 0.3 is 0 Å². The molecule has 0 atom stereocenters. The van der Waals surface area contributed by atoms with E-state index in [0.717, 1.165) is 30.0 Å². The van der Waals surface area contributed by atoms with Crippen LogP contribution in [-0.2, 0) is 13.0 Å². The molecule has 1 aromatic carbocycles. The summed E-state index contributed by atoms with van der Waals surface area (Å²) in [6.45, 7) is 1.79. The molecule has 98 valence electrons. The normalized spacial score (nSPS) is 11.2. The molecule has 3 aromatic rings. The Labute approximate surface area is 120 Å². The number of halogens is 1. The smallest absolute Gasteiger partial charge is 0.0937 e. The van der Waals surface area contributed by atoms with Crippen LogP contribution in [0.4, 0.5) is 0 Å². The molecule has 0 amide bonds. The molecular formula is C14H14ClN3S. The Morgan fingerprint density at radius 2 is 2.32 bits per heavy atom. The molecule has 0 aliphatic heterocycles. The molecule has 5 heteroatoms. The summed E-state index contributed by atoms with van der Waals surface area (Å²) < 4.78 is 0. The van der Waals surface area contributed by atoms with Crippen LogP contribution in [0, 0.1) is 0 Å². The maximum absolute atomic E-state index is 5.97. The first kappa shape index (κ1) is 12.7. The topological polar surface area (TPSA) is 40.7 Å². The van der Waals surface area contributed by atoms with Crippen LogP contribution in [0.25, 0.3) is 10.9 Å². The molecule has 0 unspecified atom stereocenters. The average molecular weight is 292 g/mol. The van der Waals surface area contributed by atoms with Gasteiger partial charge in [0.05, 0.1) is 5.01 Å². The largest absolute Gasteiger partial charge is 0.361 e. The molecule has 0 spiro atoms. The fraction of sp³-hybridized carbons (Fsp3) is 0.214. The summed E-state index contributed by atoms with van der Waals surface area (Å²) in [7, 11) is 0. The molecule has 0 aliphatic rings. The van der Waals surface area contributed by atoms with Gasteiger partial charge in [0.15, 0.2) is 0 Å². The van der Waals surface area contributed by atoms with Crippen LogP contribution in [0.3, 0.4) is 0 Å². The van der Waals surface area contributed by atoms with Crippen molar-refractivity contribution in [1.29, 1.82) is 0 Å². The number of H-pyrrole nitrogens is 1. The van der Waals surface area contributed by atoms with E-state index in [4.69, 9.17) is 11.6 Å². The summed E-state index contributed by atoms with van der Waals surface area (Å²) in [6, 6.07) is 5.94. The predicted octanol–water partition coefficient (Wildman–Crippen LogP) is 3.61. The number of hydrogen-bond donors (Lipinski definition) is 2. The Hall–Kier alpha value is -1.36. The van der Waals surface area contributed by atoms with Gasteiger partial charge in [-0.2, -0.15) is 0 Å². The second kappa shape index (κ2) is 5.74. The minimum Gasteiger partial charge on any atom is -0.361 e. The molecule has 2 N–H and O–H groups in total. The van der Waals surface area contributed by atoms with Crippen molar-refractivity contribution in [2.75, 3.05) is 6.54 Å². The van der Waals surface area contributed by atoms with E-state index in [1.165, 1.54) is 16.0 Å². The van der Waals surface area contributed by atoms with E-state index in [1.807, 2.05) is 29.9 Å². The van der Waals surface area contributed by atoms with Crippen molar-refractivity contribution < 1.29 is 0 Å². The Kier molecular flexibility index (Phi) is 3.82. The van der Waals surface area contributed by atoms with Crippen molar-refractivity contribution in [3.05, 3.63) is 51.6 Å². The summed E-state index contributed by atoms with van der Waals surface area (Å²) in [5.74, 6) is 0. The van der Waals surface area contributed by atoms with E-state index in [-0.39, 0.29) is 0 Å². The quantitative estimate of drug-likeness (QED) is 0.705. The van der Waals surface area contributed by atoms with Gasteiger partial charge in [0.1, 0.15) is 0 Å². The molecule has 3 nitrogen and oxygen atoms in total. The zero-order chi connectivity index (χ0) is 13.1. The van der Waals surface area contributed by atoms with Crippen molar-refractivity contribution in [2.45, 2.75) is 13.0 Å². The fourth-order valence-electron chi connectivity index (χ4n) is 2.10. The maximum Gasteiger partial charge on any atom is 0.0937 e. The molecule has 3 rings (SSSR count). The number of fused-ring (bicyclic) bond motifs is 1. The number of nitrogens with one attached hydrogen (secondary N) is 2. The Balaban J connectivity index is 1.59. The lowest BCUT2D eigenvalue weighted by Crippen LogP contribution is -2.16. The standard InChI is InChI=1S/C14H14ClN3S/c15-11-1-2-12-10(9-18-13(12)7-11)8-16-4-3-14-17-5-6-19-14/h1-2,5-7,9,16,18H,3-4,8H2. The highest BCUT2D eigenvalue weighted by Gasteiger charge is 2.03. The van der Waals surface area contributed by atoms with E-state index in [1.54, 1.807) is 11.3 Å². The number of hydrogen-bond acceptors (Lipinski definition) is 3. The highest BCUT2D eigenvalue weighted by molar-refractivity contribution is 7.09. The van der Waals surface area contributed by atoms with Gasteiger partial charge in [-0.15, -0.1) is 11.3 Å². The summed E-state index contributed by atoms with van der Waals surface area (Å²) in [5.41, 5.74) is 2.36. The van der Waals surface area contributed by atoms with Gasteiger partial charge in [0.25, 0.3) is 0 Å². The fourth-order valence-corrected chi connectivity index (χ4v) is 2.89. The first-order valence-corrected chi connectivity index (χ1v) is 7.43. The van der Waals surface area contributed by atoms with Crippen LogP contribution in [0.5, 0.6) is 0 Å². The van der Waals surface area contributed by atoms with Gasteiger partial charge in [-0.25, -0.2) is 4.98 Å². The maximum atomic E-state index is 5.97.